The molecule has 3 heteroatoms. The first-order chi connectivity index (χ1) is 9.42. The molecule has 2 aromatic rings. The molecular weight excluding hydrogens is 268 g/mol. The minimum absolute atomic E-state index is 0. The maximum absolute atomic E-state index is 3.59. The van der Waals surface area contributed by atoms with Gasteiger partial charge in [0.05, 0.1) is 0 Å². The Morgan fingerprint density at radius 3 is 2.60 bits per heavy atom. The highest BCUT2D eigenvalue weighted by Gasteiger charge is 2.20. The van der Waals surface area contributed by atoms with E-state index in [2.05, 4.69) is 53.1 Å². The highest BCUT2D eigenvalue weighted by Crippen LogP contribution is 2.37. The third kappa shape index (κ3) is 2.24. The molecule has 0 aromatic heterocycles. The predicted molar refractivity (Wildman–Crippen MR) is 85.5 cm³/mol. The van der Waals surface area contributed by atoms with Crippen molar-refractivity contribution < 1.29 is 0 Å². The van der Waals surface area contributed by atoms with E-state index in [1.165, 1.54) is 27.8 Å². The van der Waals surface area contributed by atoms with Crippen LogP contribution in [0.25, 0.3) is 11.1 Å². The molecule has 1 fully saturated rings. The van der Waals surface area contributed by atoms with Gasteiger partial charge in [-0.05, 0) is 34.2 Å². The Bertz CT molecular complexity index is 618. The smallest absolute Gasteiger partial charge is 0.0447 e. The Kier molecular flexibility index (Phi) is 3.79. The second kappa shape index (κ2) is 5.57. The van der Waals surface area contributed by atoms with Crippen molar-refractivity contribution in [2.45, 2.75) is 12.5 Å². The van der Waals surface area contributed by atoms with Crippen LogP contribution in [0.1, 0.15) is 22.7 Å². The molecule has 2 N–H and O–H groups in total. The van der Waals surface area contributed by atoms with Gasteiger partial charge in [-0.2, -0.15) is 0 Å². The number of hydrogen-bond acceptors (Lipinski definition) is 2. The summed E-state index contributed by atoms with van der Waals surface area (Å²) in [5.41, 5.74) is 7.19. The Hall–Kier alpha value is -1.35. The Balaban J connectivity index is 0.00000121. The summed E-state index contributed by atoms with van der Waals surface area (Å²) in [6.45, 7) is 3.17. The second-order valence-corrected chi connectivity index (χ2v) is 5.46. The van der Waals surface area contributed by atoms with E-state index in [0.29, 0.717) is 6.04 Å². The van der Waals surface area contributed by atoms with Crippen LogP contribution >= 0.6 is 12.4 Å². The fourth-order valence-electron chi connectivity index (χ4n) is 3.27. The van der Waals surface area contributed by atoms with Gasteiger partial charge in [-0.1, -0.05) is 42.5 Å². The predicted octanol–water partition coefficient (Wildman–Crippen LogP) is 2.91. The van der Waals surface area contributed by atoms with E-state index in [1.807, 2.05) is 0 Å². The number of rotatable bonds is 1. The minimum atomic E-state index is 0. The SMILES string of the molecule is Cl.c1ccc2c(c1)Cc1cc([C@H]3CNCCN3)ccc1-2. The summed E-state index contributed by atoms with van der Waals surface area (Å²) in [4.78, 5) is 0. The number of nitrogens with one attached hydrogen (secondary N) is 2. The quantitative estimate of drug-likeness (QED) is 0.719. The molecule has 0 amide bonds. The molecule has 104 valence electrons. The summed E-state index contributed by atoms with van der Waals surface area (Å²) in [5.74, 6) is 0. The van der Waals surface area contributed by atoms with Crippen LogP contribution in [0.5, 0.6) is 0 Å². The maximum atomic E-state index is 3.59. The number of fused-ring (bicyclic) bond motifs is 3. The van der Waals surface area contributed by atoms with Crippen molar-refractivity contribution in [3.63, 3.8) is 0 Å². The van der Waals surface area contributed by atoms with Crippen LogP contribution < -0.4 is 10.6 Å². The number of benzene rings is 2. The molecule has 1 aliphatic carbocycles. The van der Waals surface area contributed by atoms with Crippen molar-refractivity contribution >= 4 is 12.4 Å². The van der Waals surface area contributed by atoms with E-state index < -0.39 is 0 Å². The Morgan fingerprint density at radius 2 is 1.75 bits per heavy atom. The Morgan fingerprint density at radius 1 is 0.900 bits per heavy atom. The van der Waals surface area contributed by atoms with E-state index in [-0.39, 0.29) is 12.4 Å². The molecule has 0 saturated carbocycles. The van der Waals surface area contributed by atoms with Gasteiger partial charge in [0.2, 0.25) is 0 Å². The van der Waals surface area contributed by atoms with Gasteiger partial charge >= 0.3 is 0 Å². The zero-order chi connectivity index (χ0) is 12.7. The van der Waals surface area contributed by atoms with Crippen LogP contribution in [-0.4, -0.2) is 19.6 Å². The van der Waals surface area contributed by atoms with Crippen molar-refractivity contribution in [3.05, 3.63) is 59.2 Å². The molecule has 4 rings (SSSR count). The van der Waals surface area contributed by atoms with E-state index in [4.69, 9.17) is 0 Å². The van der Waals surface area contributed by atoms with Gasteiger partial charge in [-0.15, -0.1) is 12.4 Å². The summed E-state index contributed by atoms with van der Waals surface area (Å²) in [5, 5.41) is 7.04. The first-order valence-corrected chi connectivity index (χ1v) is 7.07. The van der Waals surface area contributed by atoms with Gasteiger partial charge in [0.15, 0.2) is 0 Å². The summed E-state index contributed by atoms with van der Waals surface area (Å²) in [6, 6.07) is 16.2. The molecule has 20 heavy (non-hydrogen) atoms. The summed E-state index contributed by atoms with van der Waals surface area (Å²) in [7, 11) is 0. The normalized spacial score (nSPS) is 19.9. The van der Waals surface area contributed by atoms with Gasteiger partial charge in [-0.3, -0.25) is 0 Å². The molecule has 1 aliphatic heterocycles. The van der Waals surface area contributed by atoms with Gasteiger partial charge in [-0.25, -0.2) is 0 Å². The van der Waals surface area contributed by atoms with E-state index >= 15 is 0 Å². The van der Waals surface area contributed by atoms with E-state index in [0.717, 1.165) is 26.1 Å². The van der Waals surface area contributed by atoms with Crippen LogP contribution in [0.3, 0.4) is 0 Å². The van der Waals surface area contributed by atoms with Crippen molar-refractivity contribution in [1.82, 2.24) is 10.6 Å². The maximum Gasteiger partial charge on any atom is 0.0447 e. The summed E-state index contributed by atoms with van der Waals surface area (Å²) in [6.07, 6.45) is 1.08. The lowest BCUT2D eigenvalue weighted by Gasteiger charge is -2.25. The lowest BCUT2D eigenvalue weighted by molar-refractivity contribution is 0.430. The monoisotopic (exact) mass is 286 g/mol. The molecule has 2 nitrogen and oxygen atoms in total. The van der Waals surface area contributed by atoms with Crippen molar-refractivity contribution in [2.24, 2.45) is 0 Å². The van der Waals surface area contributed by atoms with Crippen LogP contribution in [0, 0.1) is 0 Å². The lowest BCUT2D eigenvalue weighted by atomic mass is 9.99. The van der Waals surface area contributed by atoms with Crippen LogP contribution in [0.2, 0.25) is 0 Å². The minimum Gasteiger partial charge on any atom is -0.314 e. The van der Waals surface area contributed by atoms with Crippen LogP contribution in [0.15, 0.2) is 42.5 Å². The topological polar surface area (TPSA) is 24.1 Å². The molecule has 0 bridgehead atoms. The number of halogens is 1. The summed E-state index contributed by atoms with van der Waals surface area (Å²) < 4.78 is 0. The standard InChI is InChI=1S/C17H18N2.ClH/c1-2-4-15-12(3-1)9-14-10-13(5-6-16(14)15)17-11-18-7-8-19-17;/h1-6,10,17-19H,7-9,11H2;1H/t17-;/m1./s1. The first kappa shape index (κ1) is 13.6. The molecule has 1 atom stereocenters. The average Bonchev–Trinajstić information content (AvgIpc) is 2.86. The molecule has 0 spiro atoms. The highest BCUT2D eigenvalue weighted by atomic mass is 35.5. The third-order valence-electron chi connectivity index (χ3n) is 4.26. The molecule has 2 aromatic carbocycles. The zero-order valence-corrected chi connectivity index (χ0v) is 12.2. The zero-order valence-electron chi connectivity index (χ0n) is 11.4. The largest absolute Gasteiger partial charge is 0.314 e. The van der Waals surface area contributed by atoms with E-state index in [9.17, 15) is 0 Å². The van der Waals surface area contributed by atoms with Crippen molar-refractivity contribution in [2.75, 3.05) is 19.6 Å². The molecule has 2 aliphatic rings. The second-order valence-electron chi connectivity index (χ2n) is 5.46. The molecule has 1 saturated heterocycles. The molecular formula is C17H19ClN2. The van der Waals surface area contributed by atoms with Crippen LogP contribution in [-0.2, 0) is 6.42 Å². The third-order valence-corrected chi connectivity index (χ3v) is 4.26. The lowest BCUT2D eigenvalue weighted by Crippen LogP contribution is -2.42. The first-order valence-electron chi connectivity index (χ1n) is 7.07. The number of piperazine rings is 1. The molecule has 0 radical (unpaired) electrons. The Labute approximate surface area is 126 Å². The van der Waals surface area contributed by atoms with Gasteiger partial charge < -0.3 is 10.6 Å². The average molecular weight is 287 g/mol. The fourth-order valence-corrected chi connectivity index (χ4v) is 3.27. The van der Waals surface area contributed by atoms with Crippen LogP contribution in [0.4, 0.5) is 0 Å². The molecule has 1 heterocycles. The van der Waals surface area contributed by atoms with Gasteiger partial charge in [0.25, 0.3) is 0 Å². The van der Waals surface area contributed by atoms with Gasteiger partial charge in [0.1, 0.15) is 0 Å². The summed E-state index contributed by atoms with van der Waals surface area (Å²) >= 11 is 0. The van der Waals surface area contributed by atoms with Gasteiger partial charge in [0, 0.05) is 25.7 Å². The van der Waals surface area contributed by atoms with E-state index in [1.54, 1.807) is 0 Å². The number of hydrogen-bond donors (Lipinski definition) is 2. The fraction of sp³-hybridized carbons (Fsp3) is 0.294. The van der Waals surface area contributed by atoms with Crippen molar-refractivity contribution in [1.29, 1.82) is 0 Å². The van der Waals surface area contributed by atoms with Crippen molar-refractivity contribution in [3.8, 4) is 11.1 Å². The highest BCUT2D eigenvalue weighted by molar-refractivity contribution is 5.85. The molecule has 0 unspecified atom stereocenters.